The molecule has 1 aliphatic heterocycles. The summed E-state index contributed by atoms with van der Waals surface area (Å²) in [5, 5.41) is 12.3. The molecule has 1 saturated carbocycles. The average molecular weight is 493 g/mol. The topological polar surface area (TPSA) is 53.0 Å². The van der Waals surface area contributed by atoms with E-state index in [-0.39, 0.29) is 6.09 Å². The smallest absolute Gasteiger partial charge is 0.410 e. The van der Waals surface area contributed by atoms with Crippen LogP contribution in [0.4, 0.5) is 4.79 Å². The van der Waals surface area contributed by atoms with Gasteiger partial charge in [0.1, 0.15) is 5.60 Å². The number of hydrogen-bond acceptors (Lipinski definition) is 4. The number of amides is 1. The molecule has 1 N–H and O–H groups in total. The Bertz CT molecular complexity index is 1000. The lowest BCUT2D eigenvalue weighted by molar-refractivity contribution is -0.140. The largest absolute Gasteiger partial charge is 0.444 e. The minimum atomic E-state index is -0.803. The highest BCUT2D eigenvalue weighted by atomic mass is 16.6. The molecule has 1 aliphatic carbocycles. The van der Waals surface area contributed by atoms with Crippen LogP contribution in [-0.2, 0) is 23.1 Å². The molecule has 1 unspecified atom stereocenters. The summed E-state index contributed by atoms with van der Waals surface area (Å²) in [4.78, 5) is 17.0. The maximum atomic E-state index is 12.7. The van der Waals surface area contributed by atoms with E-state index in [1.807, 2.05) is 25.7 Å². The zero-order valence-electron chi connectivity index (χ0n) is 22.6. The van der Waals surface area contributed by atoms with E-state index >= 15 is 0 Å². The van der Waals surface area contributed by atoms with Gasteiger partial charge in [-0.05, 0) is 70.1 Å². The molecule has 2 aliphatic rings. The lowest BCUT2D eigenvalue weighted by atomic mass is 9.66. The van der Waals surface area contributed by atoms with Crippen molar-refractivity contribution in [3.63, 3.8) is 0 Å². The lowest BCUT2D eigenvalue weighted by Crippen LogP contribution is -2.65. The molecule has 196 valence electrons. The molecule has 0 bridgehead atoms. The summed E-state index contributed by atoms with van der Waals surface area (Å²) >= 11 is 0. The monoisotopic (exact) mass is 492 g/mol. The van der Waals surface area contributed by atoms with E-state index in [1.54, 1.807) is 0 Å². The molecule has 2 aromatic rings. The van der Waals surface area contributed by atoms with Gasteiger partial charge in [-0.15, -0.1) is 0 Å². The van der Waals surface area contributed by atoms with Gasteiger partial charge >= 0.3 is 6.09 Å². The molecular formula is C31H44N2O3. The van der Waals surface area contributed by atoms with E-state index in [2.05, 4.69) is 66.4 Å². The molecule has 1 heterocycles. The zero-order valence-corrected chi connectivity index (χ0v) is 22.6. The van der Waals surface area contributed by atoms with E-state index < -0.39 is 16.7 Å². The number of hydrogen-bond donors (Lipinski definition) is 1. The van der Waals surface area contributed by atoms with Crippen molar-refractivity contribution in [3.8, 4) is 0 Å². The molecule has 5 nitrogen and oxygen atoms in total. The Morgan fingerprint density at radius 2 is 1.47 bits per heavy atom. The van der Waals surface area contributed by atoms with Crippen molar-refractivity contribution >= 4 is 6.09 Å². The van der Waals surface area contributed by atoms with Crippen LogP contribution in [0.3, 0.4) is 0 Å². The van der Waals surface area contributed by atoms with Gasteiger partial charge < -0.3 is 14.7 Å². The maximum Gasteiger partial charge on any atom is 0.410 e. The second-order valence-corrected chi connectivity index (χ2v) is 11.8. The fraction of sp³-hybridized carbons (Fsp3) is 0.581. The number of carbonyl (C=O) groups excluding carboxylic acids is 1. The van der Waals surface area contributed by atoms with Crippen molar-refractivity contribution in [1.82, 2.24) is 9.80 Å². The lowest BCUT2D eigenvalue weighted by Gasteiger charge is -2.56. The highest BCUT2D eigenvalue weighted by Gasteiger charge is 2.53. The van der Waals surface area contributed by atoms with E-state index in [9.17, 15) is 9.90 Å². The van der Waals surface area contributed by atoms with Crippen LogP contribution in [0.2, 0.25) is 0 Å². The number of rotatable bonds is 6. The van der Waals surface area contributed by atoms with Gasteiger partial charge in [0, 0.05) is 26.2 Å². The second kappa shape index (κ2) is 10.9. The normalized spacial score (nSPS) is 20.5. The third-order valence-corrected chi connectivity index (χ3v) is 8.22. The number of aliphatic hydroxyl groups is 1. The van der Waals surface area contributed by atoms with E-state index in [1.165, 1.54) is 23.1 Å². The number of carbonyl (C=O) groups is 1. The number of nitrogens with zero attached hydrogens (tertiary/aromatic N) is 2. The van der Waals surface area contributed by atoms with Crippen LogP contribution >= 0.6 is 0 Å². The first-order valence-corrected chi connectivity index (χ1v) is 13.7. The highest BCUT2D eigenvalue weighted by molar-refractivity contribution is 5.68. The molecule has 1 atom stereocenters. The van der Waals surface area contributed by atoms with Gasteiger partial charge in [0.15, 0.2) is 0 Å². The molecule has 1 amide bonds. The summed E-state index contributed by atoms with van der Waals surface area (Å²) in [6, 6.07) is 19.3. The molecule has 1 saturated heterocycles. The zero-order chi connectivity index (χ0) is 25.8. The molecule has 2 fully saturated rings. The Morgan fingerprint density at radius 3 is 2.11 bits per heavy atom. The molecular weight excluding hydrogens is 448 g/mol. The van der Waals surface area contributed by atoms with Crippen LogP contribution in [-0.4, -0.2) is 58.4 Å². The Balaban J connectivity index is 1.62. The summed E-state index contributed by atoms with van der Waals surface area (Å²) in [5.41, 5.74) is 2.03. The van der Waals surface area contributed by atoms with Crippen molar-refractivity contribution in [2.24, 2.45) is 0 Å². The summed E-state index contributed by atoms with van der Waals surface area (Å²) < 4.78 is 5.63. The standard InChI is InChI=1S/C31H44N2O3/c1-29(2,3)36-28(34)32-21-23-33(24-22-32)30(4,31(35)19-11-6-12-20-31)27-16-10-9-15-26(27)18-17-25-13-7-5-8-14-25/h5,7-10,13-16,35H,6,11-12,17-24H2,1-4H3. The average Bonchev–Trinajstić information content (AvgIpc) is 2.87. The van der Waals surface area contributed by atoms with Crippen molar-refractivity contribution in [2.75, 3.05) is 26.2 Å². The van der Waals surface area contributed by atoms with E-state index in [0.29, 0.717) is 26.2 Å². The van der Waals surface area contributed by atoms with Crippen LogP contribution in [0.25, 0.3) is 0 Å². The molecule has 0 aromatic heterocycles. The first kappa shape index (κ1) is 26.7. The summed E-state index contributed by atoms with van der Waals surface area (Å²) in [6.45, 7) is 10.6. The van der Waals surface area contributed by atoms with Crippen molar-refractivity contribution < 1.29 is 14.6 Å². The third-order valence-electron chi connectivity index (χ3n) is 8.22. The Morgan fingerprint density at radius 1 is 0.861 bits per heavy atom. The fourth-order valence-corrected chi connectivity index (χ4v) is 6.14. The predicted molar refractivity (Wildman–Crippen MR) is 145 cm³/mol. The fourth-order valence-electron chi connectivity index (χ4n) is 6.14. The van der Waals surface area contributed by atoms with Gasteiger partial charge in [-0.1, -0.05) is 73.9 Å². The maximum absolute atomic E-state index is 12.7. The van der Waals surface area contributed by atoms with Crippen LogP contribution in [0.5, 0.6) is 0 Å². The number of ether oxygens (including phenoxy) is 1. The number of piperazine rings is 1. The number of aryl methyl sites for hydroxylation is 2. The van der Waals surface area contributed by atoms with Crippen LogP contribution in [0, 0.1) is 0 Å². The Kier molecular flexibility index (Phi) is 8.11. The Hall–Kier alpha value is -2.37. The van der Waals surface area contributed by atoms with Crippen molar-refractivity contribution in [3.05, 3.63) is 71.3 Å². The predicted octanol–water partition coefficient (Wildman–Crippen LogP) is 5.93. The summed E-state index contributed by atoms with van der Waals surface area (Å²) in [7, 11) is 0. The third kappa shape index (κ3) is 5.78. The number of benzene rings is 2. The van der Waals surface area contributed by atoms with Gasteiger partial charge in [-0.3, -0.25) is 4.90 Å². The quantitative estimate of drug-likeness (QED) is 0.543. The van der Waals surface area contributed by atoms with Crippen molar-refractivity contribution in [2.45, 2.75) is 89.4 Å². The molecule has 0 spiro atoms. The highest BCUT2D eigenvalue weighted by Crippen LogP contribution is 2.48. The van der Waals surface area contributed by atoms with E-state index in [0.717, 1.165) is 38.5 Å². The summed E-state index contributed by atoms with van der Waals surface area (Å²) in [5.74, 6) is 0. The first-order chi connectivity index (χ1) is 17.1. The second-order valence-electron chi connectivity index (χ2n) is 11.8. The van der Waals surface area contributed by atoms with E-state index in [4.69, 9.17) is 4.74 Å². The first-order valence-electron chi connectivity index (χ1n) is 13.7. The molecule has 5 heteroatoms. The minimum absolute atomic E-state index is 0.247. The van der Waals surface area contributed by atoms with Crippen LogP contribution in [0.15, 0.2) is 54.6 Å². The van der Waals surface area contributed by atoms with Crippen LogP contribution in [0.1, 0.15) is 76.5 Å². The SMILES string of the molecule is CC(C)(C)OC(=O)N1CCN(C(C)(c2ccccc2CCc2ccccc2)C2(O)CCCCC2)CC1. The van der Waals surface area contributed by atoms with Gasteiger partial charge in [0.2, 0.25) is 0 Å². The summed E-state index contributed by atoms with van der Waals surface area (Å²) in [6.07, 6.45) is 6.56. The Labute approximate surface area is 217 Å². The van der Waals surface area contributed by atoms with Gasteiger partial charge in [-0.25, -0.2) is 4.79 Å². The molecule has 4 rings (SSSR count). The van der Waals surface area contributed by atoms with Gasteiger partial charge in [0.25, 0.3) is 0 Å². The molecule has 2 aromatic carbocycles. The molecule has 36 heavy (non-hydrogen) atoms. The van der Waals surface area contributed by atoms with Gasteiger partial charge in [-0.2, -0.15) is 0 Å². The van der Waals surface area contributed by atoms with Crippen molar-refractivity contribution in [1.29, 1.82) is 0 Å². The van der Waals surface area contributed by atoms with Gasteiger partial charge in [0.05, 0.1) is 11.1 Å². The minimum Gasteiger partial charge on any atom is -0.444 e. The molecule has 0 radical (unpaired) electrons. The van der Waals surface area contributed by atoms with Crippen LogP contribution < -0.4 is 0 Å².